The van der Waals surface area contributed by atoms with Gasteiger partial charge in [-0.2, -0.15) is 8.78 Å². The highest BCUT2D eigenvalue weighted by molar-refractivity contribution is 7.16. The SMILES string of the molecule is CCOC(=O)c1c(NC(=O)C(F)F)sc(C)c1CC. The number of thiophene rings is 1. The van der Waals surface area contributed by atoms with E-state index in [-0.39, 0.29) is 17.2 Å². The first kappa shape index (κ1) is 15.6. The second-order valence-corrected chi connectivity index (χ2v) is 4.93. The molecule has 4 nitrogen and oxygen atoms in total. The molecule has 19 heavy (non-hydrogen) atoms. The second-order valence-electron chi connectivity index (χ2n) is 3.70. The van der Waals surface area contributed by atoms with E-state index in [1.165, 1.54) is 0 Å². The summed E-state index contributed by atoms with van der Waals surface area (Å²) < 4.78 is 29.4. The number of rotatable bonds is 5. The standard InChI is InChI=1S/C12H15F2NO3S/c1-4-7-6(3)19-11(15-10(16)9(13)14)8(7)12(17)18-5-2/h9H,4-5H2,1-3H3,(H,15,16). The molecule has 0 saturated carbocycles. The van der Waals surface area contributed by atoms with Crippen molar-refractivity contribution < 1.29 is 23.1 Å². The van der Waals surface area contributed by atoms with Crippen molar-refractivity contribution in [2.75, 3.05) is 11.9 Å². The number of anilines is 1. The molecule has 1 amide bonds. The first-order chi connectivity index (χ1) is 8.92. The van der Waals surface area contributed by atoms with E-state index >= 15 is 0 Å². The number of ether oxygens (including phenoxy) is 1. The number of hydrogen-bond donors (Lipinski definition) is 1. The van der Waals surface area contributed by atoms with Gasteiger partial charge in [-0.05, 0) is 25.8 Å². The maximum atomic E-state index is 12.3. The number of amides is 1. The lowest BCUT2D eigenvalue weighted by molar-refractivity contribution is -0.126. The number of hydrogen-bond acceptors (Lipinski definition) is 4. The number of halogens is 2. The zero-order valence-corrected chi connectivity index (χ0v) is 11.7. The lowest BCUT2D eigenvalue weighted by atomic mass is 10.1. The second kappa shape index (κ2) is 6.60. The van der Waals surface area contributed by atoms with Gasteiger partial charge in [-0.1, -0.05) is 6.92 Å². The Morgan fingerprint density at radius 1 is 1.37 bits per heavy atom. The van der Waals surface area contributed by atoms with E-state index in [2.05, 4.69) is 5.32 Å². The molecule has 0 aromatic carbocycles. The molecular formula is C12H15F2NO3S. The van der Waals surface area contributed by atoms with Crippen LogP contribution < -0.4 is 5.32 Å². The molecule has 1 aromatic rings. The van der Waals surface area contributed by atoms with Crippen molar-refractivity contribution in [1.82, 2.24) is 0 Å². The van der Waals surface area contributed by atoms with Crippen molar-refractivity contribution in [2.45, 2.75) is 33.6 Å². The van der Waals surface area contributed by atoms with E-state index in [4.69, 9.17) is 4.74 Å². The van der Waals surface area contributed by atoms with Crippen LogP contribution >= 0.6 is 11.3 Å². The smallest absolute Gasteiger partial charge is 0.341 e. The highest BCUT2D eigenvalue weighted by Gasteiger charge is 2.25. The zero-order valence-electron chi connectivity index (χ0n) is 10.9. The Labute approximate surface area is 113 Å². The van der Waals surface area contributed by atoms with Gasteiger partial charge in [0.2, 0.25) is 0 Å². The Bertz CT molecular complexity index is 486. The molecule has 0 aliphatic carbocycles. The van der Waals surface area contributed by atoms with Crippen LogP contribution in [0, 0.1) is 6.92 Å². The topological polar surface area (TPSA) is 55.4 Å². The third-order valence-corrected chi connectivity index (χ3v) is 3.54. The zero-order chi connectivity index (χ0) is 14.6. The van der Waals surface area contributed by atoms with E-state index in [9.17, 15) is 18.4 Å². The van der Waals surface area contributed by atoms with Crippen LogP contribution in [0.25, 0.3) is 0 Å². The molecule has 0 radical (unpaired) electrons. The highest BCUT2D eigenvalue weighted by atomic mass is 32.1. The van der Waals surface area contributed by atoms with Gasteiger partial charge in [-0.3, -0.25) is 4.79 Å². The number of alkyl halides is 2. The fourth-order valence-corrected chi connectivity index (χ4v) is 2.81. The van der Waals surface area contributed by atoms with Gasteiger partial charge in [-0.15, -0.1) is 11.3 Å². The summed E-state index contributed by atoms with van der Waals surface area (Å²) in [6.07, 6.45) is -2.57. The fraction of sp³-hybridized carbons (Fsp3) is 0.500. The predicted octanol–water partition coefficient (Wildman–Crippen LogP) is 3.00. The Balaban J connectivity index is 3.16. The summed E-state index contributed by atoms with van der Waals surface area (Å²) in [5.74, 6) is -2.03. The number of carbonyl (C=O) groups is 2. The van der Waals surface area contributed by atoms with E-state index in [0.29, 0.717) is 12.0 Å². The summed E-state index contributed by atoms with van der Waals surface area (Å²) in [6, 6.07) is 0. The van der Waals surface area contributed by atoms with Gasteiger partial charge < -0.3 is 10.1 Å². The molecule has 0 aliphatic rings. The van der Waals surface area contributed by atoms with Crippen molar-refractivity contribution in [3.05, 3.63) is 16.0 Å². The summed E-state index contributed by atoms with van der Waals surface area (Å²) in [4.78, 5) is 23.7. The van der Waals surface area contributed by atoms with Gasteiger partial charge in [0.05, 0.1) is 12.2 Å². The summed E-state index contributed by atoms with van der Waals surface area (Å²) >= 11 is 1.10. The molecule has 106 valence electrons. The Morgan fingerprint density at radius 3 is 2.47 bits per heavy atom. The lowest BCUT2D eigenvalue weighted by Crippen LogP contribution is -2.21. The summed E-state index contributed by atoms with van der Waals surface area (Å²) in [5.41, 5.74) is 0.897. The Morgan fingerprint density at radius 2 is 2.00 bits per heavy atom. The van der Waals surface area contributed by atoms with E-state index in [1.54, 1.807) is 13.8 Å². The monoisotopic (exact) mass is 291 g/mol. The van der Waals surface area contributed by atoms with Crippen LogP contribution in [-0.4, -0.2) is 24.9 Å². The number of carbonyl (C=O) groups excluding carboxylic acids is 2. The number of aryl methyl sites for hydroxylation is 1. The van der Waals surface area contributed by atoms with Gasteiger partial charge in [0.1, 0.15) is 5.00 Å². The first-order valence-corrected chi connectivity index (χ1v) is 6.62. The molecule has 0 bridgehead atoms. The molecular weight excluding hydrogens is 276 g/mol. The third-order valence-electron chi connectivity index (χ3n) is 2.48. The van der Waals surface area contributed by atoms with E-state index in [0.717, 1.165) is 16.2 Å². The first-order valence-electron chi connectivity index (χ1n) is 5.80. The van der Waals surface area contributed by atoms with Crippen molar-refractivity contribution in [1.29, 1.82) is 0 Å². The molecule has 1 aromatic heterocycles. The third kappa shape index (κ3) is 3.50. The molecule has 1 heterocycles. The molecule has 7 heteroatoms. The molecule has 0 atom stereocenters. The minimum absolute atomic E-state index is 0.123. The average molecular weight is 291 g/mol. The van der Waals surface area contributed by atoms with Gasteiger partial charge >= 0.3 is 12.4 Å². The van der Waals surface area contributed by atoms with Crippen LogP contribution in [0.2, 0.25) is 0 Å². The van der Waals surface area contributed by atoms with Crippen molar-refractivity contribution in [3.63, 3.8) is 0 Å². The summed E-state index contributed by atoms with van der Waals surface area (Å²) in [6.45, 7) is 5.44. The van der Waals surface area contributed by atoms with Gasteiger partial charge in [-0.25, -0.2) is 4.79 Å². The van der Waals surface area contributed by atoms with Crippen LogP contribution in [0.1, 0.15) is 34.6 Å². The molecule has 0 aliphatic heterocycles. The van der Waals surface area contributed by atoms with E-state index in [1.807, 2.05) is 6.92 Å². The molecule has 0 fully saturated rings. The summed E-state index contributed by atoms with van der Waals surface area (Å²) in [7, 11) is 0. The highest BCUT2D eigenvalue weighted by Crippen LogP contribution is 2.34. The number of esters is 1. The van der Waals surface area contributed by atoms with Gasteiger partial charge in [0.15, 0.2) is 0 Å². The average Bonchev–Trinajstić information content (AvgIpc) is 2.65. The maximum absolute atomic E-state index is 12.3. The fourth-order valence-electron chi connectivity index (χ4n) is 1.68. The Hall–Kier alpha value is -1.50. The molecule has 0 saturated heterocycles. The largest absolute Gasteiger partial charge is 0.462 e. The normalized spacial score (nSPS) is 10.6. The molecule has 1 N–H and O–H groups in total. The van der Waals surface area contributed by atoms with Crippen LogP contribution in [-0.2, 0) is 16.0 Å². The molecule has 1 rings (SSSR count). The quantitative estimate of drug-likeness (QED) is 0.848. The van der Waals surface area contributed by atoms with Crippen LogP contribution in [0.4, 0.5) is 13.8 Å². The minimum Gasteiger partial charge on any atom is -0.462 e. The van der Waals surface area contributed by atoms with Crippen LogP contribution in [0.3, 0.4) is 0 Å². The van der Waals surface area contributed by atoms with Crippen LogP contribution in [0.5, 0.6) is 0 Å². The number of nitrogens with one attached hydrogen (secondary N) is 1. The molecule has 0 unspecified atom stereocenters. The van der Waals surface area contributed by atoms with Crippen LogP contribution in [0.15, 0.2) is 0 Å². The lowest BCUT2D eigenvalue weighted by Gasteiger charge is -2.07. The maximum Gasteiger partial charge on any atom is 0.341 e. The predicted molar refractivity (Wildman–Crippen MR) is 69.0 cm³/mol. The summed E-state index contributed by atoms with van der Waals surface area (Å²) in [5, 5.41) is 2.20. The Kier molecular flexibility index (Phi) is 5.41. The van der Waals surface area contributed by atoms with Crippen molar-refractivity contribution in [3.8, 4) is 0 Å². The van der Waals surface area contributed by atoms with Gasteiger partial charge in [0.25, 0.3) is 5.91 Å². The van der Waals surface area contributed by atoms with Crippen molar-refractivity contribution >= 4 is 28.2 Å². The molecule has 0 spiro atoms. The van der Waals surface area contributed by atoms with Crippen molar-refractivity contribution in [2.24, 2.45) is 0 Å². The van der Waals surface area contributed by atoms with Gasteiger partial charge in [0, 0.05) is 4.88 Å². The van der Waals surface area contributed by atoms with E-state index < -0.39 is 18.3 Å². The minimum atomic E-state index is -3.12.